The molecule has 5 nitrogen and oxygen atoms in total. The van der Waals surface area contributed by atoms with E-state index in [1.165, 1.54) is 5.56 Å². The van der Waals surface area contributed by atoms with Gasteiger partial charge in [0.1, 0.15) is 11.8 Å². The molecule has 0 radical (unpaired) electrons. The summed E-state index contributed by atoms with van der Waals surface area (Å²) in [5.74, 6) is 0.602. The van der Waals surface area contributed by atoms with Crippen molar-refractivity contribution in [3.8, 4) is 5.75 Å². The molecule has 0 saturated heterocycles. The molecule has 1 atom stereocenters. The fraction of sp³-hybridized carbons (Fsp3) is 0.462. The summed E-state index contributed by atoms with van der Waals surface area (Å²) in [7, 11) is 0. The minimum Gasteiger partial charge on any atom is -0.494 e. The fourth-order valence-electron chi connectivity index (χ4n) is 3.43. The van der Waals surface area contributed by atoms with Crippen LogP contribution in [-0.4, -0.2) is 35.9 Å². The lowest BCUT2D eigenvalue weighted by atomic mass is 10.1. The van der Waals surface area contributed by atoms with E-state index in [1.807, 2.05) is 56.3 Å². The molecular formula is C26H35ClN2O3. The maximum absolute atomic E-state index is 13.2. The molecule has 2 amide bonds. The lowest BCUT2D eigenvalue weighted by Crippen LogP contribution is -2.49. The number of hydrogen-bond donors (Lipinski definition) is 1. The van der Waals surface area contributed by atoms with Crippen molar-refractivity contribution in [1.82, 2.24) is 10.2 Å². The van der Waals surface area contributed by atoms with Gasteiger partial charge in [-0.1, -0.05) is 67.8 Å². The van der Waals surface area contributed by atoms with Gasteiger partial charge in [-0.2, -0.15) is 0 Å². The van der Waals surface area contributed by atoms with Gasteiger partial charge in [-0.25, -0.2) is 0 Å². The highest BCUT2D eigenvalue weighted by Gasteiger charge is 2.28. The molecule has 174 valence electrons. The summed E-state index contributed by atoms with van der Waals surface area (Å²) in [4.78, 5) is 27.7. The lowest BCUT2D eigenvalue weighted by molar-refractivity contribution is -0.141. The molecule has 0 heterocycles. The number of nitrogens with one attached hydrogen (secondary N) is 1. The van der Waals surface area contributed by atoms with Gasteiger partial charge in [-0.15, -0.1) is 0 Å². The molecule has 1 N–H and O–H groups in total. The van der Waals surface area contributed by atoms with Gasteiger partial charge in [0, 0.05) is 24.5 Å². The smallest absolute Gasteiger partial charge is 0.242 e. The molecule has 2 aromatic carbocycles. The van der Waals surface area contributed by atoms with Gasteiger partial charge in [0.05, 0.1) is 6.61 Å². The predicted molar refractivity (Wildman–Crippen MR) is 130 cm³/mol. The normalized spacial score (nSPS) is 11.6. The zero-order valence-corrected chi connectivity index (χ0v) is 20.2. The van der Waals surface area contributed by atoms with Crippen molar-refractivity contribution in [2.45, 2.75) is 65.5 Å². The van der Waals surface area contributed by atoms with E-state index in [1.54, 1.807) is 11.0 Å². The molecule has 0 saturated carbocycles. The first-order valence-electron chi connectivity index (χ1n) is 11.5. The number of rotatable bonds is 13. The summed E-state index contributed by atoms with van der Waals surface area (Å²) in [5.41, 5.74) is 2.00. The van der Waals surface area contributed by atoms with Crippen LogP contribution in [0, 0.1) is 6.92 Å². The van der Waals surface area contributed by atoms with Gasteiger partial charge >= 0.3 is 0 Å². The van der Waals surface area contributed by atoms with Gasteiger partial charge in [0.2, 0.25) is 11.8 Å². The zero-order chi connectivity index (χ0) is 23.3. The monoisotopic (exact) mass is 458 g/mol. The first-order valence-corrected chi connectivity index (χ1v) is 11.8. The minimum absolute atomic E-state index is 0.0742. The van der Waals surface area contributed by atoms with Crippen LogP contribution in [0.5, 0.6) is 5.75 Å². The Balaban J connectivity index is 2.04. The highest BCUT2D eigenvalue weighted by atomic mass is 35.5. The standard InChI is InChI=1S/C26H35ClN2O3/c1-4-6-17-28-26(31)24(5-2)29(19-21-10-7-8-11-23(21)27)25(30)12-9-18-32-22-15-13-20(3)14-16-22/h7-8,10-11,13-16,24H,4-6,9,12,17-19H2,1-3H3,(H,28,31)/t24-/m1/s1. The topological polar surface area (TPSA) is 58.6 Å². The average molecular weight is 459 g/mol. The van der Waals surface area contributed by atoms with Crippen molar-refractivity contribution < 1.29 is 14.3 Å². The molecule has 2 aromatic rings. The van der Waals surface area contributed by atoms with Gasteiger partial charge in [0.25, 0.3) is 0 Å². The zero-order valence-electron chi connectivity index (χ0n) is 19.4. The number of carbonyl (C=O) groups excluding carboxylic acids is 2. The van der Waals surface area contributed by atoms with E-state index in [2.05, 4.69) is 12.2 Å². The van der Waals surface area contributed by atoms with Crippen LogP contribution in [0.4, 0.5) is 0 Å². The van der Waals surface area contributed by atoms with E-state index in [9.17, 15) is 9.59 Å². The maximum Gasteiger partial charge on any atom is 0.242 e. The van der Waals surface area contributed by atoms with Crippen molar-refractivity contribution in [3.05, 3.63) is 64.7 Å². The highest BCUT2D eigenvalue weighted by Crippen LogP contribution is 2.21. The van der Waals surface area contributed by atoms with E-state index < -0.39 is 6.04 Å². The van der Waals surface area contributed by atoms with Gasteiger partial charge in [-0.05, 0) is 49.9 Å². The third kappa shape index (κ3) is 8.19. The summed E-state index contributed by atoms with van der Waals surface area (Å²) in [6.45, 7) is 7.39. The molecular weight excluding hydrogens is 424 g/mol. The van der Waals surface area contributed by atoms with Crippen LogP contribution in [0.15, 0.2) is 48.5 Å². The van der Waals surface area contributed by atoms with Crippen LogP contribution in [0.3, 0.4) is 0 Å². The van der Waals surface area contributed by atoms with E-state index in [0.717, 1.165) is 24.2 Å². The van der Waals surface area contributed by atoms with Crippen LogP contribution >= 0.6 is 11.6 Å². The molecule has 0 aliphatic rings. The molecule has 0 aliphatic carbocycles. The number of amides is 2. The maximum atomic E-state index is 13.2. The second-order valence-electron chi connectivity index (χ2n) is 7.95. The summed E-state index contributed by atoms with van der Waals surface area (Å²) < 4.78 is 5.76. The van der Waals surface area contributed by atoms with E-state index in [-0.39, 0.29) is 11.8 Å². The molecule has 0 aromatic heterocycles. The van der Waals surface area contributed by atoms with Crippen molar-refractivity contribution in [1.29, 1.82) is 0 Å². The summed E-state index contributed by atoms with van der Waals surface area (Å²) in [6, 6.07) is 14.7. The predicted octanol–water partition coefficient (Wildman–Crippen LogP) is 5.53. The van der Waals surface area contributed by atoms with Gasteiger partial charge < -0.3 is 15.0 Å². The molecule has 0 unspecified atom stereocenters. The molecule has 6 heteroatoms. The highest BCUT2D eigenvalue weighted by molar-refractivity contribution is 6.31. The fourth-order valence-corrected chi connectivity index (χ4v) is 3.62. The second-order valence-corrected chi connectivity index (χ2v) is 8.35. The van der Waals surface area contributed by atoms with Gasteiger partial charge in [-0.3, -0.25) is 9.59 Å². The number of ether oxygens (including phenoxy) is 1. The number of benzene rings is 2. The molecule has 32 heavy (non-hydrogen) atoms. The SMILES string of the molecule is CCCCNC(=O)[C@@H](CC)N(Cc1ccccc1Cl)C(=O)CCCOc1ccc(C)cc1. The van der Waals surface area contributed by atoms with Crippen LogP contribution in [0.25, 0.3) is 0 Å². The molecule has 0 fully saturated rings. The first-order chi connectivity index (χ1) is 15.5. The van der Waals surface area contributed by atoms with Crippen molar-refractivity contribution >= 4 is 23.4 Å². The largest absolute Gasteiger partial charge is 0.494 e. The minimum atomic E-state index is -0.534. The Hall–Kier alpha value is -2.53. The Morgan fingerprint density at radius 1 is 1.06 bits per heavy atom. The number of aryl methyl sites for hydroxylation is 1. The lowest BCUT2D eigenvalue weighted by Gasteiger charge is -2.31. The Bertz CT molecular complexity index is 854. The molecule has 0 aliphatic heterocycles. The third-order valence-corrected chi connectivity index (χ3v) is 5.71. The number of carbonyl (C=O) groups is 2. The summed E-state index contributed by atoms with van der Waals surface area (Å²) in [6.07, 6.45) is 3.32. The van der Waals surface area contributed by atoms with E-state index in [4.69, 9.17) is 16.3 Å². The average Bonchev–Trinajstić information content (AvgIpc) is 2.79. The molecule has 0 spiro atoms. The van der Waals surface area contributed by atoms with E-state index in [0.29, 0.717) is 44.0 Å². The summed E-state index contributed by atoms with van der Waals surface area (Å²) in [5, 5.41) is 3.57. The Morgan fingerprint density at radius 3 is 2.44 bits per heavy atom. The number of halogens is 1. The number of nitrogens with zero attached hydrogens (tertiary/aromatic N) is 1. The third-order valence-electron chi connectivity index (χ3n) is 5.34. The van der Waals surface area contributed by atoms with Crippen LogP contribution in [-0.2, 0) is 16.1 Å². The van der Waals surface area contributed by atoms with Crippen molar-refractivity contribution in [2.24, 2.45) is 0 Å². The Kier molecular flexibility index (Phi) is 11.1. The molecule has 0 bridgehead atoms. The van der Waals surface area contributed by atoms with E-state index >= 15 is 0 Å². The van der Waals surface area contributed by atoms with Crippen molar-refractivity contribution in [3.63, 3.8) is 0 Å². The summed E-state index contributed by atoms with van der Waals surface area (Å²) >= 11 is 6.35. The molecule has 2 rings (SSSR count). The van der Waals surface area contributed by atoms with Crippen LogP contribution < -0.4 is 10.1 Å². The van der Waals surface area contributed by atoms with Crippen LogP contribution in [0.1, 0.15) is 57.1 Å². The first kappa shape index (κ1) is 25.7. The van der Waals surface area contributed by atoms with Crippen LogP contribution in [0.2, 0.25) is 5.02 Å². The number of unbranched alkanes of at least 4 members (excludes halogenated alkanes) is 1. The quantitative estimate of drug-likeness (QED) is 0.401. The Labute approximate surface area is 197 Å². The van der Waals surface area contributed by atoms with Crippen molar-refractivity contribution in [2.75, 3.05) is 13.2 Å². The second kappa shape index (κ2) is 13.8. The Morgan fingerprint density at radius 2 is 1.78 bits per heavy atom. The van der Waals surface area contributed by atoms with Gasteiger partial charge in [0.15, 0.2) is 0 Å². The number of hydrogen-bond acceptors (Lipinski definition) is 3.